The van der Waals surface area contributed by atoms with Crippen LogP contribution in [0.2, 0.25) is 0 Å². The van der Waals surface area contributed by atoms with Crippen LogP contribution in [0.25, 0.3) is 0 Å². The molecule has 1 aromatic rings. The van der Waals surface area contributed by atoms with E-state index in [1.165, 1.54) is 0 Å². The van der Waals surface area contributed by atoms with Crippen molar-refractivity contribution in [1.29, 1.82) is 0 Å². The van der Waals surface area contributed by atoms with Crippen molar-refractivity contribution < 1.29 is 19.1 Å². The number of hydrogen-bond donors (Lipinski definition) is 0. The zero-order chi connectivity index (χ0) is 18.5. The zero-order valence-corrected chi connectivity index (χ0v) is 15.9. The highest BCUT2D eigenvalue weighted by atomic mass is 16.6. The van der Waals surface area contributed by atoms with E-state index in [1.54, 1.807) is 24.3 Å². The van der Waals surface area contributed by atoms with Gasteiger partial charge in [0.1, 0.15) is 0 Å². The summed E-state index contributed by atoms with van der Waals surface area (Å²) in [5, 5.41) is 0. The van der Waals surface area contributed by atoms with E-state index in [9.17, 15) is 9.59 Å². The molecule has 140 valence electrons. The Balaban J connectivity index is 2.71. The first-order valence-corrected chi connectivity index (χ1v) is 9.63. The smallest absolute Gasteiger partial charge is 0.314 e. The van der Waals surface area contributed by atoms with Gasteiger partial charge in [-0.2, -0.15) is 0 Å². The average molecular weight is 348 g/mol. The van der Waals surface area contributed by atoms with Crippen LogP contribution in [-0.4, -0.2) is 11.9 Å². The van der Waals surface area contributed by atoms with Gasteiger partial charge in [-0.05, 0) is 31.4 Å². The number of rotatable bonds is 12. The molecule has 0 aromatic heterocycles. The summed E-state index contributed by atoms with van der Waals surface area (Å²) in [5.41, 5.74) is 0. The lowest BCUT2D eigenvalue weighted by molar-refractivity contribution is -0.140. The molecule has 0 radical (unpaired) electrons. The van der Waals surface area contributed by atoms with Gasteiger partial charge < -0.3 is 9.47 Å². The topological polar surface area (TPSA) is 52.6 Å². The maximum atomic E-state index is 12.5. The molecule has 0 fully saturated rings. The van der Waals surface area contributed by atoms with Crippen LogP contribution in [0.1, 0.15) is 78.6 Å². The van der Waals surface area contributed by atoms with Crippen LogP contribution in [0.3, 0.4) is 0 Å². The molecule has 1 aromatic carbocycles. The van der Waals surface area contributed by atoms with Gasteiger partial charge in [-0.15, -0.1) is 0 Å². The number of ether oxygens (including phenoxy) is 2. The van der Waals surface area contributed by atoms with Gasteiger partial charge in [0, 0.05) is 6.42 Å². The first-order valence-electron chi connectivity index (χ1n) is 9.63. The predicted molar refractivity (Wildman–Crippen MR) is 99.8 cm³/mol. The third-order valence-corrected chi connectivity index (χ3v) is 4.14. The molecule has 0 saturated heterocycles. The highest BCUT2D eigenvalue weighted by Gasteiger charge is 2.21. The second kappa shape index (κ2) is 12.5. The fraction of sp³-hybridized carbons (Fsp3) is 0.619. The molecular weight excluding hydrogens is 316 g/mol. The van der Waals surface area contributed by atoms with E-state index in [0.29, 0.717) is 17.9 Å². The molecule has 4 heteroatoms. The molecular formula is C21H32O4. The minimum absolute atomic E-state index is 0.0988. The van der Waals surface area contributed by atoms with Gasteiger partial charge in [0.25, 0.3) is 0 Å². The van der Waals surface area contributed by atoms with E-state index in [4.69, 9.17) is 9.47 Å². The summed E-state index contributed by atoms with van der Waals surface area (Å²) in [5.74, 6) is 0.0353. The van der Waals surface area contributed by atoms with E-state index in [2.05, 4.69) is 20.8 Å². The van der Waals surface area contributed by atoms with Gasteiger partial charge in [0.05, 0.1) is 5.92 Å². The highest BCUT2D eigenvalue weighted by molar-refractivity contribution is 5.77. The second-order valence-electron chi connectivity index (χ2n) is 6.43. The Labute approximate surface area is 151 Å². The maximum Gasteiger partial charge on any atom is 0.314 e. The molecule has 1 atom stereocenters. The molecule has 0 aliphatic rings. The zero-order valence-electron chi connectivity index (χ0n) is 15.9. The summed E-state index contributed by atoms with van der Waals surface area (Å²) in [6.07, 6.45) is 7.91. The van der Waals surface area contributed by atoms with Gasteiger partial charge in [-0.1, -0.05) is 65.0 Å². The van der Waals surface area contributed by atoms with Crippen LogP contribution >= 0.6 is 0 Å². The summed E-state index contributed by atoms with van der Waals surface area (Å²) >= 11 is 0. The SMILES string of the molecule is CCCCCC(=O)Oc1ccccc1OC(=O)C(CCC)CCCC. The lowest BCUT2D eigenvalue weighted by Gasteiger charge is -2.16. The van der Waals surface area contributed by atoms with Crippen LogP contribution in [0.4, 0.5) is 0 Å². The minimum atomic E-state index is -0.284. The summed E-state index contributed by atoms with van der Waals surface area (Å²) < 4.78 is 11.0. The van der Waals surface area contributed by atoms with Crippen LogP contribution in [0.5, 0.6) is 11.5 Å². The van der Waals surface area contributed by atoms with Crippen LogP contribution in [0.15, 0.2) is 24.3 Å². The summed E-state index contributed by atoms with van der Waals surface area (Å²) in [4.78, 5) is 24.4. The molecule has 0 aliphatic carbocycles. The van der Waals surface area contributed by atoms with Crippen molar-refractivity contribution in [2.45, 2.75) is 78.6 Å². The predicted octanol–water partition coefficient (Wildman–Crippen LogP) is 5.68. The minimum Gasteiger partial charge on any atom is -0.423 e. The largest absolute Gasteiger partial charge is 0.423 e. The number of carbonyl (C=O) groups is 2. The fourth-order valence-electron chi connectivity index (χ4n) is 2.68. The van der Waals surface area contributed by atoms with Crippen molar-refractivity contribution in [3.63, 3.8) is 0 Å². The van der Waals surface area contributed by atoms with E-state index in [1.807, 2.05) is 0 Å². The Morgan fingerprint density at radius 3 is 2.08 bits per heavy atom. The molecule has 0 aliphatic heterocycles. The molecule has 0 N–H and O–H groups in total. The van der Waals surface area contributed by atoms with Crippen LogP contribution in [0, 0.1) is 5.92 Å². The summed E-state index contributed by atoms with van der Waals surface area (Å²) in [7, 11) is 0. The van der Waals surface area contributed by atoms with E-state index >= 15 is 0 Å². The maximum absolute atomic E-state index is 12.5. The molecule has 0 saturated carbocycles. The molecule has 0 heterocycles. The third kappa shape index (κ3) is 8.19. The van der Waals surface area contributed by atoms with Gasteiger partial charge in [0.2, 0.25) is 0 Å². The van der Waals surface area contributed by atoms with Crippen molar-refractivity contribution >= 4 is 11.9 Å². The van der Waals surface area contributed by atoms with Crippen LogP contribution < -0.4 is 9.47 Å². The Morgan fingerprint density at radius 1 is 0.840 bits per heavy atom. The van der Waals surface area contributed by atoms with Crippen molar-refractivity contribution in [2.24, 2.45) is 5.92 Å². The summed E-state index contributed by atoms with van der Waals surface area (Å²) in [6.45, 7) is 6.27. The normalized spacial score (nSPS) is 11.8. The van der Waals surface area contributed by atoms with Gasteiger partial charge >= 0.3 is 11.9 Å². The number of unbranched alkanes of at least 4 members (excludes halogenated alkanes) is 3. The molecule has 4 nitrogen and oxygen atoms in total. The van der Waals surface area contributed by atoms with Crippen molar-refractivity contribution in [2.75, 3.05) is 0 Å². The third-order valence-electron chi connectivity index (χ3n) is 4.14. The molecule has 1 unspecified atom stereocenters. The standard InChI is InChI=1S/C21H32O4/c1-4-7-9-16-20(22)24-18-14-10-11-15-19(18)25-21(23)17(12-6-3)13-8-5-2/h10-11,14-15,17H,4-9,12-13,16H2,1-3H3. The quantitative estimate of drug-likeness (QED) is 0.277. The monoisotopic (exact) mass is 348 g/mol. The number of esters is 2. The van der Waals surface area contributed by atoms with E-state index in [-0.39, 0.29) is 17.9 Å². The van der Waals surface area contributed by atoms with Gasteiger partial charge in [0.15, 0.2) is 11.5 Å². The Morgan fingerprint density at radius 2 is 1.48 bits per heavy atom. The van der Waals surface area contributed by atoms with E-state index < -0.39 is 0 Å². The Kier molecular flexibility index (Phi) is 10.6. The van der Waals surface area contributed by atoms with E-state index in [0.717, 1.165) is 51.4 Å². The molecule has 25 heavy (non-hydrogen) atoms. The number of hydrogen-bond acceptors (Lipinski definition) is 4. The van der Waals surface area contributed by atoms with Crippen molar-refractivity contribution in [3.05, 3.63) is 24.3 Å². The first-order chi connectivity index (χ1) is 12.1. The molecule has 0 amide bonds. The van der Waals surface area contributed by atoms with Crippen molar-refractivity contribution in [3.8, 4) is 11.5 Å². The molecule has 1 rings (SSSR count). The Hall–Kier alpha value is -1.84. The number of benzene rings is 1. The van der Waals surface area contributed by atoms with Crippen molar-refractivity contribution in [1.82, 2.24) is 0 Å². The van der Waals surface area contributed by atoms with Gasteiger partial charge in [-0.25, -0.2) is 0 Å². The average Bonchev–Trinajstić information content (AvgIpc) is 2.60. The fourth-order valence-corrected chi connectivity index (χ4v) is 2.68. The number of para-hydroxylation sites is 2. The Bertz CT molecular complexity index is 524. The molecule has 0 bridgehead atoms. The lowest BCUT2D eigenvalue weighted by atomic mass is 9.97. The summed E-state index contributed by atoms with van der Waals surface area (Å²) in [6, 6.07) is 6.89. The highest BCUT2D eigenvalue weighted by Crippen LogP contribution is 2.29. The first kappa shape index (κ1) is 21.2. The lowest BCUT2D eigenvalue weighted by Crippen LogP contribution is -2.21. The molecule has 0 spiro atoms. The van der Waals surface area contributed by atoms with Crippen LogP contribution in [-0.2, 0) is 9.59 Å². The van der Waals surface area contributed by atoms with Gasteiger partial charge in [-0.3, -0.25) is 9.59 Å². The second-order valence-corrected chi connectivity index (χ2v) is 6.43. The number of carbonyl (C=O) groups excluding carboxylic acids is 2.